The van der Waals surface area contributed by atoms with Gasteiger partial charge in [0.2, 0.25) is 15.9 Å². The number of carbonyl (C=O) groups excluding carboxylic acids is 1. The van der Waals surface area contributed by atoms with E-state index in [1.807, 2.05) is 13.8 Å². The van der Waals surface area contributed by atoms with Gasteiger partial charge in [-0.1, -0.05) is 18.2 Å². The molecule has 3 N–H and O–H groups in total. The minimum absolute atomic E-state index is 0.000744. The summed E-state index contributed by atoms with van der Waals surface area (Å²) in [6.45, 7) is 5.11. The van der Waals surface area contributed by atoms with E-state index in [9.17, 15) is 13.2 Å². The number of sulfonamides is 1. The molecule has 0 spiro atoms. The molecule has 1 aliphatic carbocycles. The highest BCUT2D eigenvalue weighted by atomic mass is 32.2. The van der Waals surface area contributed by atoms with Gasteiger partial charge in [0, 0.05) is 48.8 Å². The summed E-state index contributed by atoms with van der Waals surface area (Å²) in [5.41, 5.74) is 7.99. The third-order valence-electron chi connectivity index (χ3n) is 6.11. The van der Waals surface area contributed by atoms with Crippen LogP contribution in [0.5, 0.6) is 0 Å². The standard InChI is InChI=1S/C22H31N5O3S/c1-14(2)27(24-8-9-25-31(4,29)30)22(28)16-10-18-17-6-5-7-19-21(17)15(12-23-19)11-20(18)26(3)13-16/h5-7,10,12,14,16,20,23-25H,8-9,11,13H2,1-4H3. The molecule has 2 aliphatic rings. The summed E-state index contributed by atoms with van der Waals surface area (Å²) < 4.78 is 25.0. The second-order valence-corrected chi connectivity index (χ2v) is 10.6. The first-order valence-electron chi connectivity index (χ1n) is 10.7. The van der Waals surface area contributed by atoms with Crippen LogP contribution in [-0.2, 0) is 21.2 Å². The van der Waals surface area contributed by atoms with Gasteiger partial charge < -0.3 is 4.98 Å². The number of nitrogens with zero attached hydrogens (tertiary/aromatic N) is 2. The minimum Gasteiger partial charge on any atom is -0.361 e. The van der Waals surface area contributed by atoms with Crippen molar-refractivity contribution in [1.29, 1.82) is 0 Å². The van der Waals surface area contributed by atoms with Crippen LogP contribution in [0.2, 0.25) is 0 Å². The van der Waals surface area contributed by atoms with Crippen LogP contribution >= 0.6 is 0 Å². The van der Waals surface area contributed by atoms with Crippen LogP contribution in [-0.4, -0.2) is 74.2 Å². The van der Waals surface area contributed by atoms with Crippen molar-refractivity contribution in [3.8, 4) is 0 Å². The number of H-pyrrole nitrogens is 1. The number of rotatable bonds is 7. The number of hydrogen-bond acceptors (Lipinski definition) is 5. The molecule has 0 fully saturated rings. The zero-order valence-electron chi connectivity index (χ0n) is 18.5. The van der Waals surface area contributed by atoms with E-state index in [-0.39, 0.29) is 30.5 Å². The fourth-order valence-corrected chi connectivity index (χ4v) is 5.18. The van der Waals surface area contributed by atoms with E-state index < -0.39 is 10.0 Å². The van der Waals surface area contributed by atoms with Crippen LogP contribution in [0.4, 0.5) is 0 Å². The maximum Gasteiger partial charge on any atom is 0.245 e. The van der Waals surface area contributed by atoms with Gasteiger partial charge in [0.25, 0.3) is 0 Å². The van der Waals surface area contributed by atoms with Gasteiger partial charge in [-0.15, -0.1) is 0 Å². The molecule has 2 aromatic rings. The average Bonchev–Trinajstić information content (AvgIpc) is 3.11. The van der Waals surface area contributed by atoms with Crippen molar-refractivity contribution in [3.05, 3.63) is 41.6 Å². The van der Waals surface area contributed by atoms with Crippen LogP contribution < -0.4 is 10.1 Å². The summed E-state index contributed by atoms with van der Waals surface area (Å²) >= 11 is 0. The number of benzene rings is 1. The molecule has 0 saturated carbocycles. The van der Waals surface area contributed by atoms with Crippen LogP contribution in [0.1, 0.15) is 25.0 Å². The fraction of sp³-hybridized carbons (Fsp3) is 0.500. The molecular weight excluding hydrogens is 414 g/mol. The molecule has 0 bridgehead atoms. The topological polar surface area (TPSA) is 97.5 Å². The Morgan fingerprint density at radius 1 is 1.32 bits per heavy atom. The van der Waals surface area contributed by atoms with Gasteiger partial charge in [0.1, 0.15) is 0 Å². The monoisotopic (exact) mass is 445 g/mol. The number of aromatic nitrogens is 1. The largest absolute Gasteiger partial charge is 0.361 e. The van der Waals surface area contributed by atoms with Crippen molar-refractivity contribution in [1.82, 2.24) is 25.0 Å². The lowest BCUT2D eigenvalue weighted by Gasteiger charge is -2.41. The summed E-state index contributed by atoms with van der Waals surface area (Å²) in [7, 11) is -1.17. The maximum atomic E-state index is 13.4. The number of amides is 1. The second-order valence-electron chi connectivity index (χ2n) is 8.81. The van der Waals surface area contributed by atoms with Gasteiger partial charge in [-0.05, 0) is 50.1 Å². The Hall–Kier alpha value is -2.20. The Morgan fingerprint density at radius 2 is 2.10 bits per heavy atom. The van der Waals surface area contributed by atoms with Crippen molar-refractivity contribution in [2.45, 2.75) is 32.4 Å². The number of fused-ring (bicyclic) bond motifs is 2. The Labute approximate surface area is 183 Å². The highest BCUT2D eigenvalue weighted by Crippen LogP contribution is 2.40. The third-order valence-corrected chi connectivity index (χ3v) is 6.84. The smallest absolute Gasteiger partial charge is 0.245 e. The van der Waals surface area contributed by atoms with E-state index in [1.54, 1.807) is 5.01 Å². The fourth-order valence-electron chi connectivity index (χ4n) is 4.71. The van der Waals surface area contributed by atoms with E-state index in [0.717, 1.165) is 18.2 Å². The van der Waals surface area contributed by atoms with Gasteiger partial charge in [-0.2, -0.15) is 0 Å². The lowest BCUT2D eigenvalue weighted by atomic mass is 9.79. The van der Waals surface area contributed by atoms with Gasteiger partial charge in [-0.25, -0.2) is 18.6 Å². The van der Waals surface area contributed by atoms with E-state index in [0.29, 0.717) is 13.1 Å². The van der Waals surface area contributed by atoms with E-state index >= 15 is 0 Å². The number of likely N-dealkylation sites (N-methyl/N-ethyl adjacent to an activating group) is 1. The van der Waals surface area contributed by atoms with Crippen LogP contribution in [0.3, 0.4) is 0 Å². The molecule has 2 atom stereocenters. The summed E-state index contributed by atoms with van der Waals surface area (Å²) in [4.78, 5) is 19.1. The van der Waals surface area contributed by atoms with Crippen molar-refractivity contribution >= 4 is 32.4 Å². The number of nitrogens with one attached hydrogen (secondary N) is 3. The summed E-state index contributed by atoms with van der Waals surface area (Å²) in [5, 5.41) is 2.89. The molecule has 0 saturated heterocycles. The molecule has 0 radical (unpaired) electrons. The first-order valence-corrected chi connectivity index (χ1v) is 12.6. The SMILES string of the molecule is CC(C)N(NCCNS(C)(=O)=O)C(=O)C1C=C2c3cccc4[nH]cc(c34)CC2N(C)C1. The van der Waals surface area contributed by atoms with Crippen molar-refractivity contribution in [2.75, 3.05) is 32.9 Å². The Bertz CT molecular complexity index is 1120. The van der Waals surface area contributed by atoms with Gasteiger partial charge in [-0.3, -0.25) is 14.7 Å². The zero-order chi connectivity index (χ0) is 22.3. The first kappa shape index (κ1) is 22.0. The molecule has 4 rings (SSSR count). The van der Waals surface area contributed by atoms with Gasteiger partial charge in [0.05, 0.1) is 12.2 Å². The predicted molar refractivity (Wildman–Crippen MR) is 123 cm³/mol. The quantitative estimate of drug-likeness (QED) is 0.441. The summed E-state index contributed by atoms with van der Waals surface area (Å²) in [6, 6.07) is 6.50. The lowest BCUT2D eigenvalue weighted by Crippen LogP contribution is -2.54. The molecule has 2 heterocycles. The molecule has 1 aliphatic heterocycles. The van der Waals surface area contributed by atoms with E-state index in [4.69, 9.17) is 0 Å². The first-order chi connectivity index (χ1) is 14.7. The predicted octanol–water partition coefficient (Wildman–Crippen LogP) is 1.33. The van der Waals surface area contributed by atoms with E-state index in [2.05, 4.69) is 57.6 Å². The summed E-state index contributed by atoms with van der Waals surface area (Å²) in [6.07, 6.45) is 6.30. The zero-order valence-corrected chi connectivity index (χ0v) is 19.3. The maximum absolute atomic E-state index is 13.4. The average molecular weight is 446 g/mol. The number of hydrazine groups is 1. The number of aromatic amines is 1. The Morgan fingerprint density at radius 3 is 2.81 bits per heavy atom. The number of hydrogen-bond donors (Lipinski definition) is 3. The number of carbonyl (C=O) groups is 1. The lowest BCUT2D eigenvalue weighted by molar-refractivity contribution is -0.140. The molecule has 31 heavy (non-hydrogen) atoms. The normalized spacial score (nSPS) is 21.3. The molecule has 9 heteroatoms. The van der Waals surface area contributed by atoms with Crippen LogP contribution in [0.15, 0.2) is 30.5 Å². The highest BCUT2D eigenvalue weighted by Gasteiger charge is 2.37. The molecule has 8 nitrogen and oxygen atoms in total. The molecule has 168 valence electrons. The Kier molecular flexibility index (Phi) is 5.95. The highest BCUT2D eigenvalue weighted by molar-refractivity contribution is 7.88. The molecule has 1 amide bonds. The summed E-state index contributed by atoms with van der Waals surface area (Å²) in [5.74, 6) is -0.274. The van der Waals surface area contributed by atoms with Crippen LogP contribution in [0.25, 0.3) is 16.5 Å². The molecular formula is C22H31N5O3S. The third kappa shape index (κ3) is 4.41. The van der Waals surface area contributed by atoms with Crippen molar-refractivity contribution in [3.63, 3.8) is 0 Å². The van der Waals surface area contributed by atoms with E-state index in [1.165, 1.54) is 22.1 Å². The van der Waals surface area contributed by atoms with Crippen molar-refractivity contribution in [2.24, 2.45) is 5.92 Å². The van der Waals surface area contributed by atoms with Crippen LogP contribution in [0, 0.1) is 5.92 Å². The minimum atomic E-state index is -3.25. The molecule has 1 aromatic carbocycles. The van der Waals surface area contributed by atoms with Gasteiger partial charge in [0.15, 0.2) is 0 Å². The molecule has 1 aromatic heterocycles. The van der Waals surface area contributed by atoms with Gasteiger partial charge >= 0.3 is 0 Å². The Balaban J connectivity index is 1.57. The molecule has 2 unspecified atom stereocenters. The second kappa shape index (κ2) is 8.38. The van der Waals surface area contributed by atoms with Crippen molar-refractivity contribution < 1.29 is 13.2 Å².